The number of aliphatic imine (C=N–C) groups is 1. The number of benzene rings is 1. The van der Waals surface area contributed by atoms with E-state index in [4.69, 9.17) is 0 Å². The van der Waals surface area contributed by atoms with Gasteiger partial charge in [-0.15, -0.1) is 35.7 Å². The summed E-state index contributed by atoms with van der Waals surface area (Å²) in [6, 6.07) is 10.5. The van der Waals surface area contributed by atoms with Crippen molar-refractivity contribution in [3.05, 3.63) is 30.3 Å². The average Bonchev–Trinajstić information content (AvgIpc) is 3.37. The molecule has 2 rings (SSSR count). The molecule has 1 aliphatic rings. The number of likely N-dealkylation sites (N-methyl/N-ethyl adjacent to an activating group) is 1. The highest BCUT2D eigenvalue weighted by Crippen LogP contribution is 2.51. The van der Waals surface area contributed by atoms with E-state index in [1.165, 1.54) is 17.7 Å². The lowest BCUT2D eigenvalue weighted by Gasteiger charge is -2.19. The van der Waals surface area contributed by atoms with Gasteiger partial charge in [-0.3, -0.25) is 4.79 Å². The van der Waals surface area contributed by atoms with Crippen LogP contribution in [-0.2, 0) is 4.79 Å². The molecule has 0 unspecified atom stereocenters. The van der Waals surface area contributed by atoms with Gasteiger partial charge in [0.2, 0.25) is 5.91 Å². The van der Waals surface area contributed by atoms with Gasteiger partial charge in [0.05, 0.1) is 0 Å². The Balaban J connectivity index is 0.00000338. The Bertz CT molecular complexity index is 580. The van der Waals surface area contributed by atoms with E-state index in [0.29, 0.717) is 0 Å². The summed E-state index contributed by atoms with van der Waals surface area (Å²) in [5.41, 5.74) is 0. The van der Waals surface area contributed by atoms with Crippen molar-refractivity contribution in [3.63, 3.8) is 0 Å². The maximum absolute atomic E-state index is 11.8. The molecule has 0 heterocycles. The molecule has 1 aliphatic carbocycles. The van der Waals surface area contributed by atoms with Crippen molar-refractivity contribution in [2.24, 2.45) is 4.99 Å². The minimum atomic E-state index is 0. The second-order valence-corrected chi connectivity index (χ2v) is 8.85. The van der Waals surface area contributed by atoms with Gasteiger partial charge in [-0.2, -0.15) is 11.8 Å². The topological polar surface area (TPSA) is 56.7 Å². The summed E-state index contributed by atoms with van der Waals surface area (Å²) in [6.45, 7) is 1.86. The largest absolute Gasteiger partial charge is 0.356 e. The Kier molecular flexibility index (Phi) is 10.8. The first-order valence-corrected chi connectivity index (χ1v) is 10.7. The maximum atomic E-state index is 11.8. The van der Waals surface area contributed by atoms with Crippen LogP contribution in [0.15, 0.2) is 40.2 Å². The Hall–Kier alpha value is -0.610. The molecule has 2 N–H and O–H groups in total. The molecule has 1 amide bonds. The second-order valence-electron chi connectivity index (χ2n) is 6.32. The maximum Gasteiger partial charge on any atom is 0.243 e. The van der Waals surface area contributed by atoms with Gasteiger partial charge in [0.15, 0.2) is 5.96 Å². The summed E-state index contributed by atoms with van der Waals surface area (Å²) < 4.78 is 0.245. The van der Waals surface area contributed by atoms with Crippen LogP contribution in [0.5, 0.6) is 0 Å². The molecule has 146 valence electrons. The van der Waals surface area contributed by atoms with Crippen LogP contribution >= 0.6 is 47.5 Å². The molecule has 26 heavy (non-hydrogen) atoms. The van der Waals surface area contributed by atoms with E-state index in [2.05, 4.69) is 46.1 Å². The lowest BCUT2D eigenvalue weighted by Crippen LogP contribution is -2.42. The van der Waals surface area contributed by atoms with Crippen molar-refractivity contribution >= 4 is 59.4 Å². The van der Waals surface area contributed by atoms with E-state index in [9.17, 15) is 4.79 Å². The predicted octanol–water partition coefficient (Wildman–Crippen LogP) is 2.92. The van der Waals surface area contributed by atoms with E-state index in [1.807, 2.05) is 17.8 Å². The van der Waals surface area contributed by atoms with Crippen LogP contribution in [-0.4, -0.2) is 67.3 Å². The number of hydrogen-bond donors (Lipinski definition) is 2. The van der Waals surface area contributed by atoms with Gasteiger partial charge in [-0.25, -0.2) is 4.99 Å². The van der Waals surface area contributed by atoms with E-state index in [-0.39, 0.29) is 41.2 Å². The molecular formula is C18H29IN4OS2. The van der Waals surface area contributed by atoms with Crippen molar-refractivity contribution in [2.75, 3.05) is 45.7 Å². The third kappa shape index (κ3) is 8.39. The fourth-order valence-electron chi connectivity index (χ4n) is 2.17. The molecular weight excluding hydrogens is 479 g/mol. The quantitative estimate of drug-likeness (QED) is 0.233. The normalized spacial score (nSPS) is 15.0. The van der Waals surface area contributed by atoms with Gasteiger partial charge in [0.25, 0.3) is 0 Å². The fourth-order valence-corrected chi connectivity index (χ4v) is 3.72. The Morgan fingerprint density at radius 2 is 1.92 bits per heavy atom. The highest BCUT2D eigenvalue weighted by molar-refractivity contribution is 14.0. The van der Waals surface area contributed by atoms with Crippen molar-refractivity contribution in [2.45, 2.75) is 22.5 Å². The number of guanidine groups is 1. The Labute approximate surface area is 182 Å². The van der Waals surface area contributed by atoms with Crippen LogP contribution in [0.25, 0.3) is 0 Å². The first kappa shape index (κ1) is 23.4. The highest BCUT2D eigenvalue weighted by atomic mass is 127. The second kappa shape index (κ2) is 12.0. The summed E-state index contributed by atoms with van der Waals surface area (Å²) in [4.78, 5) is 19.1. The van der Waals surface area contributed by atoms with Gasteiger partial charge < -0.3 is 15.5 Å². The number of nitrogens with zero attached hydrogens (tertiary/aromatic N) is 2. The van der Waals surface area contributed by atoms with Gasteiger partial charge >= 0.3 is 0 Å². The van der Waals surface area contributed by atoms with Crippen LogP contribution in [0.3, 0.4) is 0 Å². The smallest absolute Gasteiger partial charge is 0.243 e. The minimum absolute atomic E-state index is 0. The first-order chi connectivity index (χ1) is 12.0. The summed E-state index contributed by atoms with van der Waals surface area (Å²) in [7, 11) is 3.50. The van der Waals surface area contributed by atoms with Crippen molar-refractivity contribution in [1.82, 2.24) is 15.5 Å². The molecule has 5 nitrogen and oxygen atoms in total. The monoisotopic (exact) mass is 508 g/mol. The van der Waals surface area contributed by atoms with Gasteiger partial charge in [-0.1, -0.05) is 18.2 Å². The van der Waals surface area contributed by atoms with Crippen molar-refractivity contribution in [1.29, 1.82) is 0 Å². The summed E-state index contributed by atoms with van der Waals surface area (Å²) in [6.07, 6.45) is 4.49. The first-order valence-electron chi connectivity index (χ1n) is 8.50. The number of rotatable bonds is 9. The zero-order valence-electron chi connectivity index (χ0n) is 15.7. The van der Waals surface area contributed by atoms with E-state index < -0.39 is 0 Å². The molecule has 1 fully saturated rings. The standard InChI is InChI=1S/C18H28N4OS2.HI/c1-22(2)16(23)13-20-17(19-11-12-24-3)21-14-18(9-10-18)25-15-7-5-4-6-8-15;/h4-8H,9-14H2,1-3H3,(H2,19,20,21);1H. The third-order valence-electron chi connectivity index (χ3n) is 3.93. The fraction of sp³-hybridized carbons (Fsp3) is 0.556. The van der Waals surface area contributed by atoms with Crippen LogP contribution in [0.2, 0.25) is 0 Å². The predicted molar refractivity (Wildman–Crippen MR) is 125 cm³/mol. The zero-order valence-corrected chi connectivity index (χ0v) is 19.6. The molecule has 0 atom stereocenters. The minimum Gasteiger partial charge on any atom is -0.356 e. The molecule has 1 aromatic carbocycles. The van der Waals surface area contributed by atoms with Crippen molar-refractivity contribution < 1.29 is 4.79 Å². The number of halogens is 1. The molecule has 0 aromatic heterocycles. The number of nitrogens with one attached hydrogen (secondary N) is 2. The van der Waals surface area contributed by atoms with E-state index in [1.54, 1.807) is 30.8 Å². The highest BCUT2D eigenvalue weighted by Gasteiger charge is 2.43. The number of hydrogen-bond acceptors (Lipinski definition) is 4. The molecule has 0 radical (unpaired) electrons. The summed E-state index contributed by atoms with van der Waals surface area (Å²) >= 11 is 3.72. The lowest BCUT2D eigenvalue weighted by atomic mass is 10.4. The Morgan fingerprint density at radius 3 is 2.50 bits per heavy atom. The molecule has 1 aromatic rings. The van der Waals surface area contributed by atoms with Gasteiger partial charge in [0, 0.05) is 42.6 Å². The molecule has 8 heteroatoms. The van der Waals surface area contributed by atoms with Gasteiger partial charge in [-0.05, 0) is 31.2 Å². The lowest BCUT2D eigenvalue weighted by molar-refractivity contribution is -0.127. The van der Waals surface area contributed by atoms with Crippen LogP contribution in [0, 0.1) is 0 Å². The molecule has 0 bridgehead atoms. The summed E-state index contributed by atoms with van der Waals surface area (Å²) in [5.74, 6) is 1.74. The van der Waals surface area contributed by atoms with Crippen LogP contribution < -0.4 is 10.6 Å². The average molecular weight is 508 g/mol. The molecule has 0 aliphatic heterocycles. The van der Waals surface area contributed by atoms with Crippen LogP contribution in [0.1, 0.15) is 12.8 Å². The molecule has 1 saturated carbocycles. The Morgan fingerprint density at radius 1 is 1.23 bits per heavy atom. The van der Waals surface area contributed by atoms with E-state index >= 15 is 0 Å². The molecule has 0 saturated heterocycles. The van der Waals surface area contributed by atoms with Crippen LogP contribution in [0.4, 0.5) is 0 Å². The summed E-state index contributed by atoms with van der Waals surface area (Å²) in [5, 5.41) is 6.75. The zero-order chi connectivity index (χ0) is 18.1. The number of carbonyl (C=O) groups excluding carboxylic acids is 1. The SMILES string of the molecule is CSCCNC(=NCC(=O)N(C)C)NCC1(Sc2ccccc2)CC1.I. The van der Waals surface area contributed by atoms with Crippen molar-refractivity contribution in [3.8, 4) is 0 Å². The number of carbonyl (C=O) groups is 1. The third-order valence-corrected chi connectivity index (χ3v) is 6.04. The number of amides is 1. The van der Waals surface area contributed by atoms with Gasteiger partial charge in [0.1, 0.15) is 6.54 Å². The van der Waals surface area contributed by atoms with E-state index in [0.717, 1.165) is 24.8 Å². The molecule has 0 spiro atoms. The number of thioether (sulfide) groups is 2.